The molecule has 0 spiro atoms. The minimum atomic E-state index is -0.828. The Morgan fingerprint density at radius 3 is 1.11 bits per heavy atom. The van der Waals surface area contributed by atoms with E-state index in [9.17, 15) is 9.59 Å². The van der Waals surface area contributed by atoms with Crippen LogP contribution in [0.25, 0.3) is 0 Å². The zero-order chi connectivity index (χ0) is 39.0. The Kier molecular flexibility index (Phi) is 18.3. The number of carbonyl (C=O) groups excluding carboxylic acids is 2. The van der Waals surface area contributed by atoms with Crippen LogP contribution >= 0.6 is 0 Å². The highest BCUT2D eigenvalue weighted by atomic mass is 16.6. The smallest absolute Gasteiger partial charge is 0.357 e. The standard InChI is InChI=1S/C40H47NO15/c1-2-3-50-36-26-37-39(42)55-28-30-20-32-24-33(21-30)53-18-14-48-10-6-45-7-11-49-15-19-54-35-23-31(29-56-40(43)38(27-36)41-37)22-34(25-35)52-17-13-47-9-5-44-4-8-46-12-16-51-32/h1,20-27H,3-19,28-29H2. The van der Waals surface area contributed by atoms with Crippen molar-refractivity contribution in [3.8, 4) is 41.1 Å². The van der Waals surface area contributed by atoms with Gasteiger partial charge in [0, 0.05) is 24.3 Å². The van der Waals surface area contributed by atoms with Gasteiger partial charge in [0.25, 0.3) is 0 Å². The van der Waals surface area contributed by atoms with Gasteiger partial charge >= 0.3 is 11.9 Å². The molecule has 3 aromatic rings. The van der Waals surface area contributed by atoms with Crippen molar-refractivity contribution in [2.24, 2.45) is 0 Å². The van der Waals surface area contributed by atoms with E-state index in [1.54, 1.807) is 36.4 Å². The van der Waals surface area contributed by atoms with E-state index in [4.69, 9.17) is 68.0 Å². The molecule has 5 rings (SSSR count). The average molecular weight is 782 g/mol. The molecular formula is C40H47NO15. The Morgan fingerprint density at radius 2 is 0.786 bits per heavy atom. The molecule has 0 atom stereocenters. The highest BCUT2D eigenvalue weighted by molar-refractivity contribution is 5.92. The maximum absolute atomic E-state index is 13.4. The van der Waals surface area contributed by atoms with Gasteiger partial charge in [0.05, 0.1) is 79.3 Å². The molecule has 0 saturated carbocycles. The van der Waals surface area contributed by atoms with E-state index < -0.39 is 11.9 Å². The molecule has 16 heteroatoms. The third-order valence-electron chi connectivity index (χ3n) is 7.63. The number of fused-ring (bicyclic) bond motifs is 8. The van der Waals surface area contributed by atoms with E-state index >= 15 is 0 Å². The highest BCUT2D eigenvalue weighted by Gasteiger charge is 2.19. The third-order valence-corrected chi connectivity index (χ3v) is 7.63. The van der Waals surface area contributed by atoms with Gasteiger partial charge in [-0.05, 0) is 35.4 Å². The van der Waals surface area contributed by atoms with Gasteiger partial charge in [0.1, 0.15) is 75.0 Å². The number of pyridine rings is 1. The van der Waals surface area contributed by atoms with Crippen LogP contribution in [0.2, 0.25) is 0 Å². The van der Waals surface area contributed by atoms with Gasteiger partial charge in [-0.2, -0.15) is 0 Å². The number of hydrogen-bond donors (Lipinski definition) is 0. The van der Waals surface area contributed by atoms with Crippen LogP contribution in [0.3, 0.4) is 0 Å². The first-order valence-electron chi connectivity index (χ1n) is 18.2. The summed E-state index contributed by atoms with van der Waals surface area (Å²) in [6.07, 6.45) is 5.39. The van der Waals surface area contributed by atoms with Crippen LogP contribution in [0.1, 0.15) is 32.1 Å². The van der Waals surface area contributed by atoms with Crippen molar-refractivity contribution in [1.29, 1.82) is 0 Å². The maximum Gasteiger partial charge on any atom is 0.357 e. The SMILES string of the molecule is C#CCOc1cc2nc(c1)C(=O)OCc1cc3cc(c1)OCCOCCOCCOCCOc1cc(cc(c1)OCCOCCOCCOCCO3)COC2=O. The predicted octanol–water partition coefficient (Wildman–Crippen LogP) is 3.45. The fourth-order valence-corrected chi connectivity index (χ4v) is 5.09. The van der Waals surface area contributed by atoms with E-state index in [1.807, 2.05) is 0 Å². The van der Waals surface area contributed by atoms with Gasteiger partial charge in [-0.25, -0.2) is 14.6 Å². The molecule has 0 N–H and O–H groups in total. The lowest BCUT2D eigenvalue weighted by atomic mass is 10.2. The van der Waals surface area contributed by atoms with Crippen LogP contribution in [0, 0.1) is 12.3 Å². The first kappa shape index (κ1) is 42.0. The Morgan fingerprint density at radius 1 is 0.464 bits per heavy atom. The van der Waals surface area contributed by atoms with Crippen LogP contribution in [-0.2, 0) is 51.1 Å². The van der Waals surface area contributed by atoms with Crippen LogP contribution in [0.4, 0.5) is 0 Å². The van der Waals surface area contributed by atoms with Crippen LogP contribution in [0.5, 0.6) is 28.7 Å². The van der Waals surface area contributed by atoms with Gasteiger partial charge < -0.3 is 61.6 Å². The van der Waals surface area contributed by atoms with E-state index in [0.717, 1.165) is 0 Å². The van der Waals surface area contributed by atoms with E-state index in [1.165, 1.54) is 12.1 Å². The second kappa shape index (κ2) is 24.4. The highest BCUT2D eigenvalue weighted by Crippen LogP contribution is 2.26. The zero-order valence-electron chi connectivity index (χ0n) is 31.2. The quantitative estimate of drug-likeness (QED) is 0.274. The topological polar surface area (TPSA) is 167 Å². The third kappa shape index (κ3) is 15.5. The molecule has 0 aliphatic carbocycles. The molecule has 8 bridgehead atoms. The van der Waals surface area contributed by atoms with Crippen molar-refractivity contribution in [3.05, 3.63) is 71.0 Å². The van der Waals surface area contributed by atoms with Crippen molar-refractivity contribution >= 4 is 11.9 Å². The molecule has 302 valence electrons. The number of nitrogens with zero attached hydrogens (tertiary/aromatic N) is 1. The number of hydrogen-bond acceptors (Lipinski definition) is 16. The molecule has 56 heavy (non-hydrogen) atoms. The number of benzene rings is 2. The molecule has 0 radical (unpaired) electrons. The van der Waals surface area contributed by atoms with Crippen LogP contribution in [-0.4, -0.2) is 129 Å². The lowest BCUT2D eigenvalue weighted by Crippen LogP contribution is -2.15. The molecule has 0 fully saturated rings. The zero-order valence-corrected chi connectivity index (χ0v) is 31.2. The number of ether oxygens (including phenoxy) is 13. The Hall–Kier alpha value is -5.15. The Labute approximate surface area is 325 Å². The average Bonchev–Trinajstić information content (AvgIpc) is 3.20. The van der Waals surface area contributed by atoms with Crippen molar-refractivity contribution < 1.29 is 71.2 Å². The van der Waals surface area contributed by atoms with Crippen LogP contribution < -0.4 is 23.7 Å². The Bertz CT molecular complexity index is 1540. The number of carbonyl (C=O) groups is 2. The number of esters is 2. The molecule has 1 aromatic heterocycles. The molecule has 0 amide bonds. The molecule has 2 aliphatic rings. The largest absolute Gasteiger partial charge is 0.491 e. The molecule has 3 heterocycles. The van der Waals surface area contributed by atoms with Crippen molar-refractivity contribution in [1.82, 2.24) is 4.98 Å². The monoisotopic (exact) mass is 781 g/mol. The summed E-state index contributed by atoms with van der Waals surface area (Å²) in [5, 5.41) is 0. The van der Waals surface area contributed by atoms with Gasteiger partial charge in [-0.15, -0.1) is 6.42 Å². The minimum Gasteiger partial charge on any atom is -0.491 e. The lowest BCUT2D eigenvalue weighted by Gasteiger charge is -2.14. The summed E-state index contributed by atoms with van der Waals surface area (Å²) in [6, 6.07) is 13.0. The summed E-state index contributed by atoms with van der Waals surface area (Å²) in [5.74, 6) is 2.70. The second-order valence-electron chi connectivity index (χ2n) is 11.9. The number of aromatic nitrogens is 1. The first-order valence-corrected chi connectivity index (χ1v) is 18.2. The molecular weight excluding hydrogens is 734 g/mol. The van der Waals surface area contributed by atoms with Gasteiger partial charge in [0.2, 0.25) is 0 Å². The van der Waals surface area contributed by atoms with E-state index in [2.05, 4.69) is 10.9 Å². The summed E-state index contributed by atoms with van der Waals surface area (Å²) in [4.78, 5) is 31.0. The lowest BCUT2D eigenvalue weighted by molar-refractivity contribution is 0.00430. The van der Waals surface area contributed by atoms with E-state index in [-0.39, 0.29) is 63.4 Å². The number of terminal acetylenes is 1. The summed E-state index contributed by atoms with van der Waals surface area (Å²) in [6.45, 7) is 4.70. The fraction of sp³-hybridized carbons (Fsp3) is 0.475. The van der Waals surface area contributed by atoms with E-state index in [0.29, 0.717) is 113 Å². The molecule has 0 unspecified atom stereocenters. The van der Waals surface area contributed by atoms with Gasteiger partial charge in [0.15, 0.2) is 11.4 Å². The summed E-state index contributed by atoms with van der Waals surface area (Å²) < 4.78 is 74.4. The molecule has 0 saturated heterocycles. The molecule has 2 aliphatic heterocycles. The first-order chi connectivity index (χ1) is 27.6. The fourth-order valence-electron chi connectivity index (χ4n) is 5.09. The van der Waals surface area contributed by atoms with Crippen molar-refractivity contribution in [3.63, 3.8) is 0 Å². The Balaban J connectivity index is 1.41. The minimum absolute atomic E-state index is 0.119. The molecule has 2 aromatic carbocycles. The summed E-state index contributed by atoms with van der Waals surface area (Å²) in [7, 11) is 0. The second-order valence-corrected chi connectivity index (χ2v) is 11.9. The normalized spacial score (nSPS) is 18.0. The van der Waals surface area contributed by atoms with Crippen molar-refractivity contribution in [2.45, 2.75) is 13.2 Å². The van der Waals surface area contributed by atoms with Crippen molar-refractivity contribution in [2.75, 3.05) is 112 Å². The summed E-state index contributed by atoms with van der Waals surface area (Å²) >= 11 is 0. The predicted molar refractivity (Wildman–Crippen MR) is 197 cm³/mol. The molecule has 16 nitrogen and oxygen atoms in total. The van der Waals surface area contributed by atoms with Gasteiger partial charge in [-0.3, -0.25) is 0 Å². The van der Waals surface area contributed by atoms with Crippen LogP contribution in [0.15, 0.2) is 48.5 Å². The number of rotatable bonds is 2. The maximum atomic E-state index is 13.4. The van der Waals surface area contributed by atoms with Gasteiger partial charge in [-0.1, -0.05) is 5.92 Å². The summed E-state index contributed by atoms with van der Waals surface area (Å²) in [5.41, 5.74) is 0.729.